The Hall–Kier alpha value is -2.94. The number of amides is 1. The van der Waals surface area contributed by atoms with Crippen molar-refractivity contribution in [1.29, 1.82) is 0 Å². The van der Waals surface area contributed by atoms with Crippen LogP contribution in [-0.4, -0.2) is 25.5 Å². The fourth-order valence-electron chi connectivity index (χ4n) is 3.71. The highest BCUT2D eigenvalue weighted by molar-refractivity contribution is 5.91. The normalized spacial score (nSPS) is 16.7. The Morgan fingerprint density at radius 3 is 2.48 bits per heavy atom. The molecule has 0 bridgehead atoms. The van der Waals surface area contributed by atoms with Crippen molar-refractivity contribution in [3.8, 4) is 0 Å². The predicted octanol–water partition coefficient (Wildman–Crippen LogP) is 4.72. The first-order valence-electron chi connectivity index (χ1n) is 10.1. The van der Waals surface area contributed by atoms with Crippen molar-refractivity contribution in [3.63, 3.8) is 0 Å². The smallest absolute Gasteiger partial charge is 0.385 e. The second-order valence-electron chi connectivity index (χ2n) is 8.32. The SMILES string of the molecule is Cc1ccc([C@@](C)(O)CC(=O)Nc2nc3cc(C(F)(F)F)cnc3n2C2CCC2)cc1. The molecule has 0 spiro atoms. The quantitative estimate of drug-likeness (QED) is 0.611. The minimum atomic E-state index is -4.53. The molecule has 1 amide bonds. The zero-order valence-corrected chi connectivity index (χ0v) is 17.2. The summed E-state index contributed by atoms with van der Waals surface area (Å²) in [6, 6.07) is 8.17. The lowest BCUT2D eigenvalue weighted by Gasteiger charge is -2.29. The van der Waals surface area contributed by atoms with Gasteiger partial charge in [-0.1, -0.05) is 29.8 Å². The number of carbonyl (C=O) groups excluding carboxylic acids is 1. The Kier molecular flexibility index (Phi) is 5.25. The lowest BCUT2D eigenvalue weighted by atomic mass is 9.91. The van der Waals surface area contributed by atoms with Crippen LogP contribution < -0.4 is 5.32 Å². The number of rotatable bonds is 5. The van der Waals surface area contributed by atoms with E-state index >= 15 is 0 Å². The van der Waals surface area contributed by atoms with E-state index in [1.54, 1.807) is 23.6 Å². The van der Waals surface area contributed by atoms with Gasteiger partial charge in [0.1, 0.15) is 5.52 Å². The van der Waals surface area contributed by atoms with Gasteiger partial charge in [-0.25, -0.2) is 9.97 Å². The molecule has 1 atom stereocenters. The van der Waals surface area contributed by atoms with Crippen molar-refractivity contribution in [2.45, 2.75) is 57.3 Å². The van der Waals surface area contributed by atoms with Crippen molar-refractivity contribution >= 4 is 23.0 Å². The third kappa shape index (κ3) is 4.27. The summed E-state index contributed by atoms with van der Waals surface area (Å²) in [6.45, 7) is 3.47. The van der Waals surface area contributed by atoms with Gasteiger partial charge in [-0.3, -0.25) is 14.7 Å². The molecule has 2 heterocycles. The van der Waals surface area contributed by atoms with E-state index in [0.29, 0.717) is 11.2 Å². The number of pyridine rings is 1. The lowest BCUT2D eigenvalue weighted by Crippen LogP contribution is -2.30. The van der Waals surface area contributed by atoms with E-state index in [2.05, 4.69) is 15.3 Å². The van der Waals surface area contributed by atoms with E-state index in [-0.39, 0.29) is 23.9 Å². The maximum absolute atomic E-state index is 13.1. The molecule has 31 heavy (non-hydrogen) atoms. The van der Waals surface area contributed by atoms with Crippen LogP contribution in [0.1, 0.15) is 55.3 Å². The van der Waals surface area contributed by atoms with Gasteiger partial charge in [0.15, 0.2) is 5.65 Å². The number of halogens is 3. The first-order chi connectivity index (χ1) is 14.5. The van der Waals surface area contributed by atoms with Crippen LogP contribution in [0.5, 0.6) is 0 Å². The van der Waals surface area contributed by atoms with Crippen molar-refractivity contribution in [2.24, 2.45) is 0 Å². The summed E-state index contributed by atoms with van der Waals surface area (Å²) in [7, 11) is 0. The Labute approximate surface area is 177 Å². The maximum Gasteiger partial charge on any atom is 0.417 e. The highest BCUT2D eigenvalue weighted by Gasteiger charge is 2.33. The van der Waals surface area contributed by atoms with Gasteiger partial charge >= 0.3 is 6.18 Å². The lowest BCUT2D eigenvalue weighted by molar-refractivity contribution is -0.137. The number of carbonyl (C=O) groups is 1. The molecule has 0 radical (unpaired) electrons. The highest BCUT2D eigenvalue weighted by Crippen LogP contribution is 2.38. The number of imidazole rings is 1. The maximum atomic E-state index is 13.1. The summed E-state index contributed by atoms with van der Waals surface area (Å²) in [5.41, 5.74) is -0.299. The monoisotopic (exact) mass is 432 g/mol. The number of nitrogens with one attached hydrogen (secondary N) is 1. The molecule has 6 nitrogen and oxygen atoms in total. The standard InChI is InChI=1S/C22H23F3N4O2/c1-13-6-8-14(9-7-13)21(2,31)11-18(30)28-20-27-17-10-15(22(23,24)25)12-26-19(17)29(20)16-4-3-5-16/h6-10,12,16,31H,3-5,11H2,1-2H3,(H,27,28,30)/t21-/m0/s1. The molecule has 2 aromatic heterocycles. The van der Waals surface area contributed by atoms with Crippen molar-refractivity contribution in [2.75, 3.05) is 5.32 Å². The van der Waals surface area contributed by atoms with Crippen LogP contribution >= 0.6 is 0 Å². The van der Waals surface area contributed by atoms with E-state index in [0.717, 1.165) is 37.1 Å². The molecule has 9 heteroatoms. The molecule has 164 valence electrons. The number of fused-ring (bicyclic) bond motifs is 1. The first kappa shape index (κ1) is 21.3. The molecule has 1 saturated carbocycles. The summed E-state index contributed by atoms with van der Waals surface area (Å²) in [6.07, 6.45) is -1.33. The number of alkyl halides is 3. The second-order valence-corrected chi connectivity index (χ2v) is 8.32. The molecular formula is C22H23F3N4O2. The molecule has 3 aromatic rings. The van der Waals surface area contributed by atoms with E-state index in [4.69, 9.17) is 0 Å². The van der Waals surface area contributed by atoms with Gasteiger partial charge in [0.2, 0.25) is 11.9 Å². The molecule has 1 fully saturated rings. The number of nitrogens with zero attached hydrogens (tertiary/aromatic N) is 3. The zero-order chi connectivity index (χ0) is 22.4. The van der Waals surface area contributed by atoms with Gasteiger partial charge in [-0.05, 0) is 44.7 Å². The van der Waals surface area contributed by atoms with Gasteiger partial charge in [0, 0.05) is 12.2 Å². The fraction of sp³-hybridized carbons (Fsp3) is 0.409. The van der Waals surface area contributed by atoms with Crippen LogP contribution in [0.3, 0.4) is 0 Å². The molecule has 0 aliphatic heterocycles. The Morgan fingerprint density at radius 2 is 1.90 bits per heavy atom. The zero-order valence-electron chi connectivity index (χ0n) is 17.2. The molecule has 2 N–H and O–H groups in total. The summed E-state index contributed by atoms with van der Waals surface area (Å²) < 4.78 is 40.9. The second kappa shape index (κ2) is 7.64. The molecule has 4 rings (SSSR count). The highest BCUT2D eigenvalue weighted by atomic mass is 19.4. The van der Waals surface area contributed by atoms with Crippen molar-refractivity contribution < 1.29 is 23.1 Å². The van der Waals surface area contributed by atoms with Gasteiger partial charge in [-0.15, -0.1) is 0 Å². The van der Waals surface area contributed by atoms with Crippen LogP contribution in [0.2, 0.25) is 0 Å². The minimum absolute atomic E-state index is 0.0159. The van der Waals surface area contributed by atoms with Crippen LogP contribution in [0.25, 0.3) is 11.2 Å². The average Bonchev–Trinajstić information content (AvgIpc) is 2.96. The number of aryl methyl sites for hydroxylation is 1. The summed E-state index contributed by atoms with van der Waals surface area (Å²) in [4.78, 5) is 20.9. The number of hydrogen-bond donors (Lipinski definition) is 2. The third-order valence-corrected chi connectivity index (χ3v) is 5.73. The molecule has 0 saturated heterocycles. The molecular weight excluding hydrogens is 409 g/mol. The Bertz CT molecular complexity index is 1120. The minimum Gasteiger partial charge on any atom is -0.385 e. The van der Waals surface area contributed by atoms with E-state index in [9.17, 15) is 23.1 Å². The van der Waals surface area contributed by atoms with Crippen molar-refractivity contribution in [1.82, 2.24) is 14.5 Å². The molecule has 0 unspecified atom stereocenters. The average molecular weight is 432 g/mol. The van der Waals surface area contributed by atoms with E-state index in [1.165, 1.54) is 0 Å². The number of anilines is 1. The number of aliphatic hydroxyl groups is 1. The Morgan fingerprint density at radius 1 is 1.23 bits per heavy atom. The van der Waals surface area contributed by atoms with Gasteiger partial charge in [0.05, 0.1) is 17.6 Å². The third-order valence-electron chi connectivity index (χ3n) is 5.73. The number of benzene rings is 1. The van der Waals surface area contributed by atoms with Gasteiger partial charge in [0.25, 0.3) is 0 Å². The first-order valence-corrected chi connectivity index (χ1v) is 10.1. The van der Waals surface area contributed by atoms with Crippen LogP contribution in [0, 0.1) is 6.92 Å². The van der Waals surface area contributed by atoms with Gasteiger partial charge in [-0.2, -0.15) is 13.2 Å². The summed E-state index contributed by atoms with van der Waals surface area (Å²) in [5, 5.41) is 13.5. The molecule has 1 aliphatic rings. The predicted molar refractivity (Wildman–Crippen MR) is 109 cm³/mol. The topological polar surface area (TPSA) is 80.0 Å². The molecule has 1 aliphatic carbocycles. The summed E-state index contributed by atoms with van der Waals surface area (Å²) >= 11 is 0. The van der Waals surface area contributed by atoms with Crippen LogP contribution in [0.15, 0.2) is 36.5 Å². The van der Waals surface area contributed by atoms with Gasteiger partial charge < -0.3 is 5.11 Å². The summed E-state index contributed by atoms with van der Waals surface area (Å²) in [5.74, 6) is -0.339. The number of aromatic nitrogens is 3. The Balaban J connectivity index is 1.62. The molecule has 1 aromatic carbocycles. The van der Waals surface area contributed by atoms with E-state index < -0.39 is 23.2 Å². The van der Waals surface area contributed by atoms with Crippen molar-refractivity contribution in [3.05, 3.63) is 53.2 Å². The van der Waals surface area contributed by atoms with Crippen LogP contribution in [0.4, 0.5) is 19.1 Å². The van der Waals surface area contributed by atoms with E-state index in [1.807, 2.05) is 19.1 Å². The number of hydrogen-bond acceptors (Lipinski definition) is 4. The van der Waals surface area contributed by atoms with Crippen LogP contribution in [-0.2, 0) is 16.6 Å². The largest absolute Gasteiger partial charge is 0.417 e. The fourth-order valence-corrected chi connectivity index (χ4v) is 3.71.